The van der Waals surface area contributed by atoms with Crippen LogP contribution in [0.1, 0.15) is 16.1 Å². The first kappa shape index (κ1) is 12.5. The molecule has 0 aliphatic carbocycles. The second-order valence-corrected chi connectivity index (χ2v) is 4.93. The number of fused-ring (bicyclic) bond motifs is 3. The van der Waals surface area contributed by atoms with Gasteiger partial charge < -0.3 is 15.4 Å². The summed E-state index contributed by atoms with van der Waals surface area (Å²) in [5, 5.41) is 4.28. The van der Waals surface area contributed by atoms with E-state index in [0.717, 1.165) is 16.8 Å². The van der Waals surface area contributed by atoms with Gasteiger partial charge in [-0.05, 0) is 12.1 Å². The number of nitrogens with zero attached hydrogens (tertiary/aromatic N) is 3. The lowest BCUT2D eigenvalue weighted by Gasteiger charge is -2.16. The average molecular weight is 272 g/mol. The number of aromatic nitrogens is 2. The minimum atomic E-state index is -0.0468. The number of benzene rings is 1. The highest BCUT2D eigenvalue weighted by Gasteiger charge is 2.27. The van der Waals surface area contributed by atoms with E-state index in [-0.39, 0.29) is 5.91 Å². The van der Waals surface area contributed by atoms with Gasteiger partial charge in [-0.25, -0.2) is 0 Å². The highest BCUT2D eigenvalue weighted by molar-refractivity contribution is 6.03. The van der Waals surface area contributed by atoms with Crippen LogP contribution in [0.3, 0.4) is 0 Å². The van der Waals surface area contributed by atoms with Gasteiger partial charge in [0.1, 0.15) is 5.75 Å². The molecule has 0 atom stereocenters. The number of methoxy groups -OCH3 is 1. The van der Waals surface area contributed by atoms with Crippen LogP contribution >= 0.6 is 0 Å². The lowest BCUT2D eigenvalue weighted by atomic mass is 9.99. The van der Waals surface area contributed by atoms with E-state index in [1.165, 1.54) is 0 Å². The van der Waals surface area contributed by atoms with Crippen molar-refractivity contribution in [2.75, 3.05) is 19.9 Å². The van der Waals surface area contributed by atoms with Crippen molar-refractivity contribution in [3.05, 3.63) is 29.6 Å². The van der Waals surface area contributed by atoms with E-state index in [2.05, 4.69) is 5.10 Å². The molecule has 104 valence electrons. The van der Waals surface area contributed by atoms with Crippen LogP contribution in [0.4, 0.5) is 5.69 Å². The highest BCUT2D eigenvalue weighted by atomic mass is 16.5. The van der Waals surface area contributed by atoms with Gasteiger partial charge in [0.15, 0.2) is 0 Å². The van der Waals surface area contributed by atoms with Crippen LogP contribution in [0.2, 0.25) is 0 Å². The summed E-state index contributed by atoms with van der Waals surface area (Å²) in [6.07, 6.45) is 1.77. The zero-order valence-electron chi connectivity index (χ0n) is 11.7. The van der Waals surface area contributed by atoms with Gasteiger partial charge in [0.25, 0.3) is 5.91 Å². The van der Waals surface area contributed by atoms with Gasteiger partial charge in [0, 0.05) is 25.2 Å². The second-order valence-electron chi connectivity index (χ2n) is 4.93. The maximum atomic E-state index is 12.5. The molecule has 2 aromatic rings. The lowest BCUT2D eigenvalue weighted by molar-refractivity contribution is 0.0785. The van der Waals surface area contributed by atoms with E-state index in [1.54, 1.807) is 42.1 Å². The molecule has 1 aromatic carbocycles. The molecule has 20 heavy (non-hydrogen) atoms. The minimum Gasteiger partial charge on any atom is -0.495 e. The Bertz CT molecular complexity index is 705. The summed E-state index contributed by atoms with van der Waals surface area (Å²) in [5.41, 5.74) is 9.81. The van der Waals surface area contributed by atoms with E-state index in [1.807, 2.05) is 7.05 Å². The molecule has 6 nitrogen and oxygen atoms in total. The molecule has 0 saturated carbocycles. The van der Waals surface area contributed by atoms with Gasteiger partial charge >= 0.3 is 0 Å². The van der Waals surface area contributed by atoms with Gasteiger partial charge in [-0.15, -0.1) is 0 Å². The number of aryl methyl sites for hydroxylation is 1. The molecular weight excluding hydrogens is 256 g/mol. The molecule has 6 heteroatoms. The topological polar surface area (TPSA) is 73.4 Å². The van der Waals surface area contributed by atoms with Crippen LogP contribution in [-0.2, 0) is 13.6 Å². The Morgan fingerprint density at radius 3 is 2.70 bits per heavy atom. The Morgan fingerprint density at radius 1 is 1.25 bits per heavy atom. The van der Waals surface area contributed by atoms with Gasteiger partial charge in [-0.1, -0.05) is 0 Å². The monoisotopic (exact) mass is 272 g/mol. The van der Waals surface area contributed by atoms with E-state index in [9.17, 15) is 4.79 Å². The van der Waals surface area contributed by atoms with Crippen LogP contribution in [0.15, 0.2) is 18.3 Å². The Balaban J connectivity index is 2.33. The van der Waals surface area contributed by atoms with E-state index >= 15 is 0 Å². The van der Waals surface area contributed by atoms with Gasteiger partial charge in [0.05, 0.1) is 36.8 Å². The predicted octanol–water partition coefficient (Wildman–Crippen LogP) is 1.26. The van der Waals surface area contributed by atoms with Crippen LogP contribution in [0, 0.1) is 0 Å². The molecule has 0 unspecified atom stereocenters. The molecule has 0 spiro atoms. The summed E-state index contributed by atoms with van der Waals surface area (Å²) < 4.78 is 7.00. The number of carbonyl (C=O) groups excluding carboxylic acids is 1. The fourth-order valence-corrected chi connectivity index (χ4v) is 2.55. The molecule has 2 N–H and O–H groups in total. The quantitative estimate of drug-likeness (QED) is 0.793. The van der Waals surface area contributed by atoms with E-state index < -0.39 is 0 Å². The number of nitrogen functional groups attached to an aromatic ring is 1. The standard InChI is InChI=1S/C14H16N4O2/c1-17-7-12-10(6-16-18(12)2)8-4-11(15)13(20-3)5-9(8)14(17)19/h4-6H,7,15H2,1-3H3. The average Bonchev–Trinajstić information content (AvgIpc) is 2.74. The second kappa shape index (κ2) is 4.26. The summed E-state index contributed by atoms with van der Waals surface area (Å²) in [7, 11) is 5.19. The van der Waals surface area contributed by atoms with Crippen LogP contribution in [-0.4, -0.2) is 34.7 Å². The normalized spacial score (nSPS) is 13.8. The summed E-state index contributed by atoms with van der Waals surface area (Å²) in [4.78, 5) is 14.2. The van der Waals surface area contributed by atoms with Gasteiger partial charge in [0.2, 0.25) is 0 Å². The predicted molar refractivity (Wildman–Crippen MR) is 75.4 cm³/mol. The van der Waals surface area contributed by atoms with Crippen molar-refractivity contribution in [3.8, 4) is 16.9 Å². The maximum Gasteiger partial charge on any atom is 0.254 e. The van der Waals surface area contributed by atoms with Crippen molar-refractivity contribution in [1.29, 1.82) is 0 Å². The largest absolute Gasteiger partial charge is 0.495 e. The number of nitrogens with two attached hydrogens (primary N) is 1. The Morgan fingerprint density at radius 2 is 2.00 bits per heavy atom. The third-order valence-electron chi connectivity index (χ3n) is 3.69. The van der Waals surface area contributed by atoms with Crippen molar-refractivity contribution >= 4 is 11.6 Å². The zero-order chi connectivity index (χ0) is 14.4. The van der Waals surface area contributed by atoms with Crippen LogP contribution in [0.25, 0.3) is 11.1 Å². The summed E-state index contributed by atoms with van der Waals surface area (Å²) >= 11 is 0. The Hall–Kier alpha value is -2.50. The van der Waals surface area contributed by atoms with Gasteiger partial charge in [-0.3, -0.25) is 9.48 Å². The van der Waals surface area contributed by atoms with Crippen LogP contribution < -0.4 is 10.5 Å². The highest BCUT2D eigenvalue weighted by Crippen LogP contribution is 2.37. The molecule has 1 amide bonds. The zero-order valence-corrected chi connectivity index (χ0v) is 11.7. The Labute approximate surface area is 116 Å². The van der Waals surface area contributed by atoms with Crippen molar-refractivity contribution in [3.63, 3.8) is 0 Å². The molecule has 0 radical (unpaired) electrons. The van der Waals surface area contributed by atoms with Crippen molar-refractivity contribution in [2.24, 2.45) is 7.05 Å². The first-order chi connectivity index (χ1) is 9.52. The molecule has 0 bridgehead atoms. The molecule has 1 aromatic heterocycles. The summed E-state index contributed by atoms with van der Waals surface area (Å²) in [5.74, 6) is 0.465. The number of hydrogen-bond acceptors (Lipinski definition) is 4. The van der Waals surface area contributed by atoms with Crippen molar-refractivity contribution in [1.82, 2.24) is 14.7 Å². The minimum absolute atomic E-state index is 0.0468. The SMILES string of the molecule is COc1cc2c(cc1N)-c1cnn(C)c1CN(C)C2=O. The molecule has 1 aliphatic heterocycles. The maximum absolute atomic E-state index is 12.5. The van der Waals surface area contributed by atoms with E-state index in [4.69, 9.17) is 10.5 Å². The number of anilines is 1. The fraction of sp³-hybridized carbons (Fsp3) is 0.286. The number of amides is 1. The first-order valence-corrected chi connectivity index (χ1v) is 6.27. The van der Waals surface area contributed by atoms with Crippen molar-refractivity contribution < 1.29 is 9.53 Å². The molecule has 0 fully saturated rings. The molecule has 3 rings (SSSR count). The Kier molecular flexibility index (Phi) is 2.67. The molecule has 1 aliphatic rings. The van der Waals surface area contributed by atoms with Gasteiger partial charge in [-0.2, -0.15) is 5.10 Å². The first-order valence-electron chi connectivity index (χ1n) is 6.27. The summed E-state index contributed by atoms with van der Waals surface area (Å²) in [6.45, 7) is 0.515. The number of carbonyl (C=O) groups is 1. The molecule has 0 saturated heterocycles. The smallest absolute Gasteiger partial charge is 0.254 e. The van der Waals surface area contributed by atoms with E-state index in [0.29, 0.717) is 23.5 Å². The number of rotatable bonds is 1. The molecular formula is C14H16N4O2. The van der Waals surface area contributed by atoms with Crippen molar-refractivity contribution in [2.45, 2.75) is 6.54 Å². The number of hydrogen-bond donors (Lipinski definition) is 1. The third-order valence-corrected chi connectivity index (χ3v) is 3.69. The lowest BCUT2D eigenvalue weighted by Crippen LogP contribution is -2.26. The number of ether oxygens (including phenoxy) is 1. The fourth-order valence-electron chi connectivity index (χ4n) is 2.55. The summed E-state index contributed by atoms with van der Waals surface area (Å²) in [6, 6.07) is 3.48. The third kappa shape index (κ3) is 1.65. The molecule has 2 heterocycles. The van der Waals surface area contributed by atoms with Crippen LogP contribution in [0.5, 0.6) is 5.75 Å².